The van der Waals surface area contributed by atoms with E-state index in [-0.39, 0.29) is 5.41 Å². The molecule has 0 radical (unpaired) electrons. The van der Waals surface area contributed by atoms with Crippen molar-refractivity contribution in [2.24, 2.45) is 16.1 Å². The molecule has 1 aliphatic heterocycles. The van der Waals surface area contributed by atoms with Gasteiger partial charge in [-0.2, -0.15) is 0 Å². The molecular weight excluding hydrogens is 486 g/mol. The number of rotatable bonds is 7. The van der Waals surface area contributed by atoms with Crippen LogP contribution in [0.5, 0.6) is 5.75 Å². The van der Waals surface area contributed by atoms with Crippen LogP contribution < -0.4 is 21.1 Å². The molecule has 1 fully saturated rings. The lowest BCUT2D eigenvalue weighted by Gasteiger charge is -2.26. The lowest BCUT2D eigenvalue weighted by Crippen LogP contribution is -2.34. The molecule has 0 bridgehead atoms. The number of carbonyl (C=O) groups is 1. The number of fused-ring (bicyclic) bond motifs is 1. The van der Waals surface area contributed by atoms with E-state index in [0.717, 1.165) is 47.4 Å². The van der Waals surface area contributed by atoms with Crippen molar-refractivity contribution >= 4 is 34.0 Å². The number of aliphatic imine (C=N–C) groups is 1. The highest BCUT2D eigenvalue weighted by molar-refractivity contribution is 6.11. The number of hydrogen-bond acceptors (Lipinski definition) is 5. The van der Waals surface area contributed by atoms with E-state index < -0.39 is 6.03 Å². The van der Waals surface area contributed by atoms with Crippen LogP contribution in [0.1, 0.15) is 45.6 Å². The summed E-state index contributed by atoms with van der Waals surface area (Å²) in [6.45, 7) is 11.9. The molecular formula is C32H41N5O2. The highest BCUT2D eigenvalue weighted by Crippen LogP contribution is 2.32. The van der Waals surface area contributed by atoms with Crippen LogP contribution in [0.3, 0.4) is 0 Å². The molecule has 0 aromatic heterocycles. The largest absolute Gasteiger partial charge is 0.492 e. The second-order valence-electron chi connectivity index (χ2n) is 11.2. The van der Waals surface area contributed by atoms with E-state index in [9.17, 15) is 4.79 Å². The Labute approximate surface area is 232 Å². The van der Waals surface area contributed by atoms with Crippen molar-refractivity contribution in [3.8, 4) is 5.75 Å². The lowest BCUT2D eigenvalue weighted by molar-refractivity contribution is 0.184. The Morgan fingerprint density at radius 3 is 2.38 bits per heavy atom. The van der Waals surface area contributed by atoms with E-state index in [1.807, 2.05) is 88.4 Å². The maximum Gasteiger partial charge on any atom is 0.324 e. The van der Waals surface area contributed by atoms with E-state index in [1.54, 1.807) is 6.08 Å². The second kappa shape index (κ2) is 12.8. The number of piperidine rings is 1. The van der Waals surface area contributed by atoms with Crippen LogP contribution in [0.4, 0.5) is 16.2 Å². The molecule has 7 nitrogen and oxygen atoms in total. The first-order valence-electron chi connectivity index (χ1n) is 13.8. The smallest absolute Gasteiger partial charge is 0.324 e. The molecule has 0 unspecified atom stereocenters. The first-order chi connectivity index (χ1) is 18.7. The predicted octanol–water partition coefficient (Wildman–Crippen LogP) is 6.75. The molecule has 0 saturated carbocycles. The van der Waals surface area contributed by atoms with Gasteiger partial charge in [0.05, 0.1) is 11.4 Å². The van der Waals surface area contributed by atoms with Crippen molar-refractivity contribution in [2.75, 3.05) is 31.6 Å². The van der Waals surface area contributed by atoms with Gasteiger partial charge in [0.25, 0.3) is 0 Å². The van der Waals surface area contributed by atoms with Crippen molar-refractivity contribution in [1.29, 1.82) is 0 Å². The molecule has 0 spiro atoms. The molecule has 0 aliphatic carbocycles. The van der Waals surface area contributed by atoms with Crippen LogP contribution in [-0.4, -0.2) is 43.0 Å². The molecule has 7 heteroatoms. The third-order valence-electron chi connectivity index (χ3n) is 6.93. The zero-order valence-electron chi connectivity index (χ0n) is 23.6. The van der Waals surface area contributed by atoms with Crippen molar-refractivity contribution in [3.63, 3.8) is 0 Å². The molecule has 1 saturated heterocycles. The molecule has 4 rings (SSSR count). The number of nitrogens with two attached hydrogens (primary N) is 1. The van der Waals surface area contributed by atoms with Gasteiger partial charge >= 0.3 is 6.03 Å². The Balaban J connectivity index is 1.50. The zero-order chi connectivity index (χ0) is 27.8. The number of ether oxygens (including phenoxy) is 1. The van der Waals surface area contributed by atoms with E-state index >= 15 is 0 Å². The van der Waals surface area contributed by atoms with Gasteiger partial charge in [0, 0.05) is 34.5 Å². The van der Waals surface area contributed by atoms with Gasteiger partial charge in [0.2, 0.25) is 0 Å². The fourth-order valence-corrected chi connectivity index (χ4v) is 4.46. The molecule has 1 aliphatic rings. The Morgan fingerprint density at radius 1 is 1.00 bits per heavy atom. The first kappa shape index (κ1) is 28.2. The van der Waals surface area contributed by atoms with Crippen molar-refractivity contribution in [2.45, 2.75) is 47.0 Å². The van der Waals surface area contributed by atoms with Crippen LogP contribution in [0.2, 0.25) is 0 Å². The summed E-state index contributed by atoms with van der Waals surface area (Å²) < 4.78 is 6.19. The van der Waals surface area contributed by atoms with Gasteiger partial charge in [-0.15, -0.1) is 0 Å². The SMILES string of the molecule is Cc1ccc(N=C(C=C(N)C(C)(C)C)NC(=O)Nc2ccc(OCCN3CCCCC3)c3ccccc23)cc1. The Morgan fingerprint density at radius 2 is 1.69 bits per heavy atom. The normalized spacial score (nSPS) is 15.3. The maximum absolute atomic E-state index is 13.2. The highest BCUT2D eigenvalue weighted by atomic mass is 16.5. The number of likely N-dealkylation sites (tertiary alicyclic amines) is 1. The summed E-state index contributed by atoms with van der Waals surface area (Å²) in [6, 6.07) is 19.1. The minimum atomic E-state index is -0.400. The van der Waals surface area contributed by atoms with Crippen LogP contribution in [0.15, 0.2) is 77.4 Å². The average Bonchev–Trinajstić information content (AvgIpc) is 2.91. The molecule has 3 aromatic rings. The number of anilines is 1. The lowest BCUT2D eigenvalue weighted by atomic mass is 9.92. The van der Waals surface area contributed by atoms with Crippen molar-refractivity contribution in [1.82, 2.24) is 10.2 Å². The first-order valence-corrected chi connectivity index (χ1v) is 13.8. The summed E-state index contributed by atoms with van der Waals surface area (Å²) in [7, 11) is 0. The highest BCUT2D eigenvalue weighted by Gasteiger charge is 2.16. The number of nitrogens with one attached hydrogen (secondary N) is 2. The van der Waals surface area contributed by atoms with Crippen LogP contribution in [0, 0.1) is 12.3 Å². The van der Waals surface area contributed by atoms with E-state index in [0.29, 0.717) is 23.8 Å². The van der Waals surface area contributed by atoms with Gasteiger partial charge in [0.15, 0.2) is 0 Å². The quantitative estimate of drug-likeness (QED) is 0.234. The van der Waals surface area contributed by atoms with Gasteiger partial charge in [0.1, 0.15) is 18.2 Å². The number of allylic oxidation sites excluding steroid dienone is 1. The number of hydrogen-bond donors (Lipinski definition) is 3. The molecule has 4 N–H and O–H groups in total. The molecule has 3 aromatic carbocycles. The average molecular weight is 528 g/mol. The number of carbonyl (C=O) groups excluding carboxylic acids is 1. The van der Waals surface area contributed by atoms with Crippen LogP contribution in [0.25, 0.3) is 10.8 Å². The summed E-state index contributed by atoms with van der Waals surface area (Å²) in [5, 5.41) is 7.75. The standard InChI is InChI=1S/C32H41N5O2/c1-23-12-14-24(15-13-23)34-30(22-29(33)32(2,3)4)36-31(38)35-27-16-17-28(26-11-7-6-10-25(26)27)39-21-20-37-18-8-5-9-19-37/h6-7,10-17,22H,5,8-9,18-21,33H2,1-4H3,(H2,34,35,36,38). The van der Waals surface area contributed by atoms with Crippen LogP contribution >= 0.6 is 0 Å². The summed E-state index contributed by atoms with van der Waals surface area (Å²) in [4.78, 5) is 20.3. The van der Waals surface area contributed by atoms with Gasteiger partial charge in [-0.1, -0.05) is 69.2 Å². The van der Waals surface area contributed by atoms with Gasteiger partial charge in [-0.3, -0.25) is 10.2 Å². The number of nitrogens with zero attached hydrogens (tertiary/aromatic N) is 2. The molecule has 206 valence electrons. The van der Waals surface area contributed by atoms with Gasteiger partial charge in [-0.05, 0) is 57.1 Å². The Bertz CT molecular complexity index is 1330. The Hall–Kier alpha value is -3.84. The number of benzene rings is 3. The fourth-order valence-electron chi connectivity index (χ4n) is 4.46. The maximum atomic E-state index is 13.2. The monoisotopic (exact) mass is 527 g/mol. The third kappa shape index (κ3) is 8.07. The summed E-state index contributed by atoms with van der Waals surface area (Å²) in [5.74, 6) is 1.18. The fraction of sp³-hybridized carbons (Fsp3) is 0.375. The second-order valence-corrected chi connectivity index (χ2v) is 11.2. The molecule has 1 heterocycles. The van der Waals surface area contributed by atoms with E-state index in [4.69, 9.17) is 10.5 Å². The van der Waals surface area contributed by atoms with Gasteiger partial charge in [-0.25, -0.2) is 9.79 Å². The number of amides is 2. The summed E-state index contributed by atoms with van der Waals surface area (Å²) in [5.41, 5.74) is 9.22. The van der Waals surface area contributed by atoms with Crippen molar-refractivity contribution < 1.29 is 9.53 Å². The molecule has 0 atom stereocenters. The third-order valence-corrected chi connectivity index (χ3v) is 6.93. The number of urea groups is 1. The van der Waals surface area contributed by atoms with E-state index in [1.165, 1.54) is 19.3 Å². The molecule has 39 heavy (non-hydrogen) atoms. The van der Waals surface area contributed by atoms with Gasteiger partial charge < -0.3 is 15.8 Å². The number of amidine groups is 1. The summed E-state index contributed by atoms with van der Waals surface area (Å²) >= 11 is 0. The van der Waals surface area contributed by atoms with E-state index in [2.05, 4.69) is 20.5 Å². The summed E-state index contributed by atoms with van der Waals surface area (Å²) in [6.07, 6.45) is 5.57. The zero-order valence-corrected chi connectivity index (χ0v) is 23.6. The predicted molar refractivity (Wildman–Crippen MR) is 162 cm³/mol. The minimum Gasteiger partial charge on any atom is -0.492 e. The van der Waals surface area contributed by atoms with Crippen molar-refractivity contribution in [3.05, 3.63) is 78.0 Å². The van der Waals surface area contributed by atoms with Crippen LogP contribution in [-0.2, 0) is 0 Å². The number of aryl methyl sites for hydroxylation is 1. The molecule has 2 amide bonds. The Kier molecular flexibility index (Phi) is 9.25. The topological polar surface area (TPSA) is 92.0 Å². The minimum absolute atomic E-state index is 0.272.